The lowest BCUT2D eigenvalue weighted by Crippen LogP contribution is -2.25. The van der Waals surface area contributed by atoms with Gasteiger partial charge in [0.15, 0.2) is 23.3 Å². The van der Waals surface area contributed by atoms with E-state index < -0.39 is 18.5 Å². The molecule has 1 amide bonds. The van der Waals surface area contributed by atoms with Gasteiger partial charge in [0, 0.05) is 18.3 Å². The summed E-state index contributed by atoms with van der Waals surface area (Å²) in [5.41, 5.74) is 0.951. The lowest BCUT2D eigenvalue weighted by atomic mass is 10.1. The average molecular weight is 484 g/mol. The Bertz CT molecular complexity index is 1270. The second kappa shape index (κ2) is 10.6. The Morgan fingerprint density at radius 1 is 1.18 bits per heavy atom. The number of carbonyl (C=O) groups excluding carboxylic acids is 2. The molecule has 178 valence electrons. The highest BCUT2D eigenvalue weighted by Crippen LogP contribution is 2.34. The fraction of sp³-hybridized carbons (Fsp3) is 0.333. The number of fused-ring (bicyclic) bond motifs is 2. The van der Waals surface area contributed by atoms with E-state index in [1.165, 1.54) is 0 Å². The molecule has 10 heteroatoms. The van der Waals surface area contributed by atoms with E-state index in [2.05, 4.69) is 24.1 Å². The molecule has 1 aromatic heterocycles. The molecule has 1 aliphatic heterocycles. The Morgan fingerprint density at radius 3 is 2.79 bits per heavy atom. The zero-order valence-corrected chi connectivity index (χ0v) is 19.7. The highest BCUT2D eigenvalue weighted by atomic mass is 32.2. The van der Waals surface area contributed by atoms with Crippen molar-refractivity contribution in [2.75, 3.05) is 24.5 Å². The van der Waals surface area contributed by atoms with Crippen molar-refractivity contribution in [2.45, 2.75) is 32.0 Å². The average Bonchev–Trinajstić information content (AvgIpc) is 3.29. The summed E-state index contributed by atoms with van der Waals surface area (Å²) >= 11 is 1.12. The largest absolute Gasteiger partial charge is 0.455 e. The quantitative estimate of drug-likeness (QED) is 0.280. The maximum Gasteiger partial charge on any atom is 0.316 e. The molecular formula is C24H25N3O6S. The summed E-state index contributed by atoms with van der Waals surface area (Å²) in [5.74, 6) is 0.417. The first-order valence-corrected chi connectivity index (χ1v) is 11.9. The predicted octanol–water partition coefficient (Wildman–Crippen LogP) is 3.45. The molecule has 34 heavy (non-hydrogen) atoms. The van der Waals surface area contributed by atoms with Crippen LogP contribution in [0.25, 0.3) is 10.9 Å². The zero-order valence-electron chi connectivity index (χ0n) is 18.9. The fourth-order valence-electron chi connectivity index (χ4n) is 3.32. The van der Waals surface area contributed by atoms with Gasteiger partial charge in [-0.05, 0) is 36.6 Å². The number of amides is 1. The van der Waals surface area contributed by atoms with E-state index >= 15 is 0 Å². The molecular weight excluding hydrogens is 458 g/mol. The van der Waals surface area contributed by atoms with Gasteiger partial charge in [0.25, 0.3) is 11.5 Å². The number of hydrogen-bond donors (Lipinski definition) is 1. The number of hydrogen-bond acceptors (Lipinski definition) is 8. The van der Waals surface area contributed by atoms with Crippen molar-refractivity contribution in [3.8, 4) is 11.5 Å². The lowest BCUT2D eigenvalue weighted by Gasteiger charge is -2.14. The van der Waals surface area contributed by atoms with Crippen molar-refractivity contribution in [1.29, 1.82) is 0 Å². The summed E-state index contributed by atoms with van der Waals surface area (Å²) < 4.78 is 17.2. The van der Waals surface area contributed by atoms with Crippen LogP contribution in [0, 0.1) is 5.92 Å². The predicted molar refractivity (Wildman–Crippen MR) is 128 cm³/mol. The van der Waals surface area contributed by atoms with Crippen LogP contribution < -0.4 is 20.3 Å². The lowest BCUT2D eigenvalue weighted by molar-refractivity contribution is -0.144. The number of nitrogens with one attached hydrogen (secondary N) is 1. The van der Waals surface area contributed by atoms with E-state index in [-0.39, 0.29) is 18.1 Å². The molecule has 2 aromatic carbocycles. The topological polar surface area (TPSA) is 109 Å². The van der Waals surface area contributed by atoms with Crippen LogP contribution in [0.4, 0.5) is 5.69 Å². The molecule has 0 radical (unpaired) electrons. The summed E-state index contributed by atoms with van der Waals surface area (Å²) in [7, 11) is 0. The summed E-state index contributed by atoms with van der Waals surface area (Å²) in [4.78, 5) is 42.0. The Morgan fingerprint density at radius 2 is 1.97 bits per heavy atom. The van der Waals surface area contributed by atoms with Crippen molar-refractivity contribution < 1.29 is 23.8 Å². The molecule has 0 bridgehead atoms. The van der Waals surface area contributed by atoms with Crippen molar-refractivity contribution in [3.63, 3.8) is 0 Å². The van der Waals surface area contributed by atoms with Crippen LogP contribution in [0.5, 0.6) is 11.5 Å². The van der Waals surface area contributed by atoms with Gasteiger partial charge in [0.2, 0.25) is 6.79 Å². The maximum atomic E-state index is 13.0. The molecule has 0 spiro atoms. The summed E-state index contributed by atoms with van der Waals surface area (Å²) in [6.45, 7) is 4.37. The monoisotopic (exact) mass is 483 g/mol. The van der Waals surface area contributed by atoms with E-state index in [9.17, 15) is 14.4 Å². The SMILES string of the molecule is CC(C)CCn1c(SCC(=O)OCC(=O)Nc2ccc3c(c2)OCO3)nc2ccccc2c1=O. The first-order valence-electron chi connectivity index (χ1n) is 10.9. The second-order valence-electron chi connectivity index (χ2n) is 8.12. The number of ether oxygens (including phenoxy) is 3. The minimum absolute atomic E-state index is 0.0796. The van der Waals surface area contributed by atoms with Crippen molar-refractivity contribution in [1.82, 2.24) is 9.55 Å². The zero-order chi connectivity index (χ0) is 24.1. The Kier molecular flexibility index (Phi) is 7.36. The minimum atomic E-state index is -0.580. The number of aromatic nitrogens is 2. The first-order chi connectivity index (χ1) is 16.4. The van der Waals surface area contributed by atoms with Crippen molar-refractivity contribution >= 4 is 40.2 Å². The van der Waals surface area contributed by atoms with Crippen LogP contribution in [-0.2, 0) is 20.9 Å². The molecule has 0 unspecified atom stereocenters. The highest BCUT2D eigenvalue weighted by Gasteiger charge is 2.17. The molecule has 0 fully saturated rings. The third kappa shape index (κ3) is 5.69. The minimum Gasteiger partial charge on any atom is -0.455 e. The van der Waals surface area contributed by atoms with E-state index in [1.54, 1.807) is 41.0 Å². The van der Waals surface area contributed by atoms with Gasteiger partial charge in [0.1, 0.15) is 0 Å². The van der Waals surface area contributed by atoms with Crippen molar-refractivity contribution in [3.05, 3.63) is 52.8 Å². The molecule has 4 rings (SSSR count). The van der Waals surface area contributed by atoms with Crippen LogP contribution in [0.3, 0.4) is 0 Å². The van der Waals surface area contributed by atoms with Crippen LogP contribution in [-0.4, -0.2) is 40.6 Å². The molecule has 9 nitrogen and oxygen atoms in total. The molecule has 0 atom stereocenters. The fourth-order valence-corrected chi connectivity index (χ4v) is 4.15. The van der Waals surface area contributed by atoms with Crippen LogP contribution in [0.1, 0.15) is 20.3 Å². The number of carbonyl (C=O) groups is 2. The number of nitrogens with zero attached hydrogens (tertiary/aromatic N) is 2. The summed E-state index contributed by atoms with van der Waals surface area (Å²) in [5, 5.41) is 3.64. The number of para-hydroxylation sites is 1. The van der Waals surface area contributed by atoms with Gasteiger partial charge in [-0.15, -0.1) is 0 Å². The maximum absolute atomic E-state index is 13.0. The van der Waals surface area contributed by atoms with Crippen LogP contribution >= 0.6 is 11.8 Å². The van der Waals surface area contributed by atoms with Gasteiger partial charge in [-0.1, -0.05) is 37.7 Å². The molecule has 1 aliphatic rings. The van der Waals surface area contributed by atoms with Gasteiger partial charge in [-0.3, -0.25) is 19.0 Å². The van der Waals surface area contributed by atoms with Crippen molar-refractivity contribution in [2.24, 2.45) is 5.92 Å². The molecule has 0 saturated heterocycles. The van der Waals surface area contributed by atoms with Gasteiger partial charge in [-0.2, -0.15) is 0 Å². The Labute approximate surface area is 200 Å². The molecule has 2 heterocycles. The van der Waals surface area contributed by atoms with E-state index in [0.717, 1.165) is 18.2 Å². The van der Waals surface area contributed by atoms with E-state index in [4.69, 9.17) is 14.2 Å². The number of esters is 1. The molecule has 3 aromatic rings. The van der Waals surface area contributed by atoms with Crippen LogP contribution in [0.15, 0.2) is 52.4 Å². The smallest absolute Gasteiger partial charge is 0.316 e. The molecule has 1 N–H and O–H groups in total. The molecule has 0 aliphatic carbocycles. The van der Waals surface area contributed by atoms with E-state index in [0.29, 0.717) is 45.7 Å². The third-order valence-corrected chi connectivity index (χ3v) is 6.05. The summed E-state index contributed by atoms with van der Waals surface area (Å²) in [6, 6.07) is 12.1. The Hall–Kier alpha value is -3.53. The van der Waals surface area contributed by atoms with Gasteiger partial charge < -0.3 is 19.5 Å². The van der Waals surface area contributed by atoms with Gasteiger partial charge in [-0.25, -0.2) is 4.98 Å². The van der Waals surface area contributed by atoms with Gasteiger partial charge in [0.05, 0.1) is 16.7 Å². The van der Waals surface area contributed by atoms with E-state index in [1.807, 2.05) is 6.07 Å². The number of thioether (sulfide) groups is 1. The number of benzene rings is 2. The first kappa shape index (κ1) is 23.6. The third-order valence-electron chi connectivity index (χ3n) is 5.10. The number of rotatable bonds is 9. The van der Waals surface area contributed by atoms with Gasteiger partial charge >= 0.3 is 5.97 Å². The van der Waals surface area contributed by atoms with Crippen LogP contribution in [0.2, 0.25) is 0 Å². The second-order valence-corrected chi connectivity index (χ2v) is 9.06. The highest BCUT2D eigenvalue weighted by molar-refractivity contribution is 7.99. The standard InChI is InChI=1S/C24H25N3O6S/c1-15(2)9-10-27-23(30)17-5-3-4-6-18(17)26-24(27)34-13-22(29)31-12-21(28)25-16-7-8-19-20(11-16)33-14-32-19/h3-8,11,15H,9-10,12-14H2,1-2H3,(H,25,28). The Balaban J connectivity index is 1.35. The molecule has 0 saturated carbocycles. The normalized spacial score (nSPS) is 12.2. The number of anilines is 1. The summed E-state index contributed by atoms with van der Waals surface area (Å²) in [6.07, 6.45) is 0.804.